The van der Waals surface area contributed by atoms with Gasteiger partial charge in [-0.1, -0.05) is 108 Å². The minimum absolute atomic E-state index is 0.331. The van der Waals surface area contributed by atoms with Crippen LogP contribution in [0.3, 0.4) is 0 Å². The van der Waals surface area contributed by atoms with E-state index in [9.17, 15) is 5.11 Å². The standard InChI is InChI=1S/C31H44O/c1-2-3-4-5-24-6-8-25(9-7-24)10-11-26-12-14-27(15-13-26)28-16-18-29(19-17-28)30-20-22-31(32)23-21-30/h16-27,32H,2-15H2,1H3. The van der Waals surface area contributed by atoms with Gasteiger partial charge in [-0.3, -0.25) is 0 Å². The molecule has 2 aliphatic rings. The Labute approximate surface area is 196 Å². The molecule has 0 amide bonds. The van der Waals surface area contributed by atoms with Gasteiger partial charge >= 0.3 is 0 Å². The van der Waals surface area contributed by atoms with Crippen LogP contribution in [0.1, 0.15) is 108 Å². The van der Waals surface area contributed by atoms with Crippen LogP contribution in [0.2, 0.25) is 0 Å². The average Bonchev–Trinajstić information content (AvgIpc) is 2.85. The Bertz CT molecular complexity index is 774. The van der Waals surface area contributed by atoms with Crippen molar-refractivity contribution in [1.29, 1.82) is 0 Å². The monoisotopic (exact) mass is 432 g/mol. The number of rotatable bonds is 9. The van der Waals surface area contributed by atoms with E-state index >= 15 is 0 Å². The fourth-order valence-electron chi connectivity index (χ4n) is 6.35. The number of hydrogen-bond donors (Lipinski definition) is 1. The molecule has 2 saturated carbocycles. The normalized spacial score (nSPS) is 26.2. The number of aromatic hydroxyl groups is 1. The Morgan fingerprint density at radius 3 is 1.59 bits per heavy atom. The molecule has 2 fully saturated rings. The van der Waals surface area contributed by atoms with Crippen LogP contribution in [-0.4, -0.2) is 5.11 Å². The van der Waals surface area contributed by atoms with Crippen LogP contribution in [0.15, 0.2) is 48.5 Å². The number of unbranched alkanes of at least 4 members (excludes halogenated alkanes) is 2. The molecule has 1 nitrogen and oxygen atoms in total. The van der Waals surface area contributed by atoms with Gasteiger partial charge < -0.3 is 5.11 Å². The molecule has 0 radical (unpaired) electrons. The Kier molecular flexibility index (Phi) is 8.71. The summed E-state index contributed by atoms with van der Waals surface area (Å²) in [4.78, 5) is 0. The van der Waals surface area contributed by atoms with Crippen molar-refractivity contribution in [3.63, 3.8) is 0 Å². The second-order valence-electron chi connectivity index (χ2n) is 10.8. The van der Waals surface area contributed by atoms with Gasteiger partial charge in [0.1, 0.15) is 5.75 Å². The van der Waals surface area contributed by atoms with E-state index in [-0.39, 0.29) is 0 Å². The van der Waals surface area contributed by atoms with Crippen molar-refractivity contribution >= 4 is 0 Å². The molecule has 0 bridgehead atoms. The van der Waals surface area contributed by atoms with E-state index in [1.807, 2.05) is 12.1 Å². The molecule has 32 heavy (non-hydrogen) atoms. The van der Waals surface area contributed by atoms with Gasteiger partial charge in [0.05, 0.1) is 0 Å². The lowest BCUT2D eigenvalue weighted by atomic mass is 9.74. The van der Waals surface area contributed by atoms with Crippen molar-refractivity contribution in [3.8, 4) is 16.9 Å². The summed E-state index contributed by atoms with van der Waals surface area (Å²) in [7, 11) is 0. The molecule has 1 N–H and O–H groups in total. The van der Waals surface area contributed by atoms with Gasteiger partial charge in [-0.15, -0.1) is 0 Å². The maximum Gasteiger partial charge on any atom is 0.115 e. The summed E-state index contributed by atoms with van der Waals surface area (Å²) in [6.45, 7) is 2.32. The molecule has 1 heteroatoms. The lowest BCUT2D eigenvalue weighted by molar-refractivity contribution is 0.222. The summed E-state index contributed by atoms with van der Waals surface area (Å²) < 4.78 is 0. The van der Waals surface area contributed by atoms with Crippen LogP contribution >= 0.6 is 0 Å². The molecule has 2 aliphatic carbocycles. The number of phenols is 1. The predicted molar refractivity (Wildman–Crippen MR) is 137 cm³/mol. The number of phenolic OH excluding ortho intramolecular Hbond substituents is 1. The molecule has 2 aromatic carbocycles. The van der Waals surface area contributed by atoms with Gasteiger partial charge in [-0.25, -0.2) is 0 Å². The Hall–Kier alpha value is -1.76. The fraction of sp³-hybridized carbons (Fsp3) is 0.613. The minimum atomic E-state index is 0.331. The highest BCUT2D eigenvalue weighted by atomic mass is 16.3. The van der Waals surface area contributed by atoms with Crippen LogP contribution in [0.25, 0.3) is 11.1 Å². The molecular weight excluding hydrogens is 388 g/mol. The zero-order valence-corrected chi connectivity index (χ0v) is 20.3. The van der Waals surface area contributed by atoms with Crippen LogP contribution in [0, 0.1) is 17.8 Å². The van der Waals surface area contributed by atoms with Gasteiger partial charge in [0, 0.05) is 0 Å². The van der Waals surface area contributed by atoms with Gasteiger partial charge in [0.2, 0.25) is 0 Å². The van der Waals surface area contributed by atoms with E-state index in [1.165, 1.54) is 107 Å². The molecule has 0 aromatic heterocycles. The van der Waals surface area contributed by atoms with E-state index in [2.05, 4.69) is 31.2 Å². The van der Waals surface area contributed by atoms with E-state index in [4.69, 9.17) is 0 Å². The third-order valence-electron chi connectivity index (χ3n) is 8.59. The third kappa shape index (κ3) is 6.63. The SMILES string of the molecule is CCCCCC1CCC(CCC2CCC(c3ccc(-c4ccc(O)cc4)cc3)CC2)CC1. The summed E-state index contributed by atoms with van der Waals surface area (Å²) in [6.07, 6.45) is 20.4. The number of benzene rings is 2. The predicted octanol–water partition coefficient (Wildman–Crippen LogP) is 9.50. The molecule has 0 aliphatic heterocycles. The Balaban J connectivity index is 1.16. The first-order chi connectivity index (χ1) is 15.7. The molecule has 0 saturated heterocycles. The van der Waals surface area contributed by atoms with Gasteiger partial charge in [-0.05, 0) is 78.2 Å². The first-order valence-electron chi connectivity index (χ1n) is 13.6. The van der Waals surface area contributed by atoms with E-state index < -0.39 is 0 Å². The zero-order chi connectivity index (χ0) is 22.2. The second kappa shape index (κ2) is 11.9. The van der Waals surface area contributed by atoms with Gasteiger partial charge in [0.15, 0.2) is 0 Å². The van der Waals surface area contributed by atoms with Crippen LogP contribution < -0.4 is 0 Å². The number of hydrogen-bond acceptors (Lipinski definition) is 1. The summed E-state index contributed by atoms with van der Waals surface area (Å²) in [5.74, 6) is 4.14. The largest absolute Gasteiger partial charge is 0.508 e. The minimum Gasteiger partial charge on any atom is -0.508 e. The second-order valence-corrected chi connectivity index (χ2v) is 10.8. The maximum atomic E-state index is 9.50. The average molecular weight is 433 g/mol. The first kappa shape index (κ1) is 23.4. The smallest absolute Gasteiger partial charge is 0.115 e. The summed E-state index contributed by atoms with van der Waals surface area (Å²) in [6, 6.07) is 16.7. The molecule has 0 heterocycles. The lowest BCUT2D eigenvalue weighted by Crippen LogP contribution is -2.17. The molecule has 4 rings (SSSR count). The van der Waals surface area contributed by atoms with Gasteiger partial charge in [0.25, 0.3) is 0 Å². The highest BCUT2D eigenvalue weighted by Gasteiger charge is 2.25. The fourth-order valence-corrected chi connectivity index (χ4v) is 6.35. The van der Waals surface area contributed by atoms with Crippen molar-refractivity contribution < 1.29 is 5.11 Å². The third-order valence-corrected chi connectivity index (χ3v) is 8.59. The van der Waals surface area contributed by atoms with E-state index in [0.717, 1.165) is 23.7 Å². The lowest BCUT2D eigenvalue weighted by Gasteiger charge is -2.32. The van der Waals surface area contributed by atoms with Crippen molar-refractivity contribution in [2.75, 3.05) is 0 Å². The Morgan fingerprint density at radius 2 is 1.06 bits per heavy atom. The van der Waals surface area contributed by atoms with Crippen molar-refractivity contribution in [2.24, 2.45) is 17.8 Å². The molecule has 2 aromatic rings. The van der Waals surface area contributed by atoms with Crippen LogP contribution in [-0.2, 0) is 0 Å². The van der Waals surface area contributed by atoms with E-state index in [1.54, 1.807) is 12.1 Å². The summed E-state index contributed by atoms with van der Waals surface area (Å²) >= 11 is 0. The van der Waals surface area contributed by atoms with Crippen LogP contribution in [0.5, 0.6) is 5.75 Å². The highest BCUT2D eigenvalue weighted by Crippen LogP contribution is 2.40. The van der Waals surface area contributed by atoms with Crippen molar-refractivity contribution in [3.05, 3.63) is 54.1 Å². The molecule has 174 valence electrons. The molecule has 0 spiro atoms. The first-order valence-corrected chi connectivity index (χ1v) is 13.6. The van der Waals surface area contributed by atoms with Crippen molar-refractivity contribution in [1.82, 2.24) is 0 Å². The molecule has 0 unspecified atom stereocenters. The Morgan fingerprint density at radius 1 is 0.594 bits per heavy atom. The zero-order valence-electron chi connectivity index (χ0n) is 20.3. The quantitative estimate of drug-likeness (QED) is 0.391. The topological polar surface area (TPSA) is 20.2 Å². The highest BCUT2D eigenvalue weighted by molar-refractivity contribution is 5.64. The molecular formula is C31H44O. The summed E-state index contributed by atoms with van der Waals surface area (Å²) in [5, 5.41) is 9.50. The van der Waals surface area contributed by atoms with Crippen LogP contribution in [0.4, 0.5) is 0 Å². The van der Waals surface area contributed by atoms with E-state index in [0.29, 0.717) is 5.75 Å². The maximum absolute atomic E-state index is 9.50. The summed E-state index contributed by atoms with van der Waals surface area (Å²) in [5.41, 5.74) is 3.93. The molecule has 0 atom stereocenters. The van der Waals surface area contributed by atoms with Gasteiger partial charge in [-0.2, -0.15) is 0 Å². The van der Waals surface area contributed by atoms with Crippen molar-refractivity contribution in [2.45, 2.75) is 103 Å².